The van der Waals surface area contributed by atoms with Gasteiger partial charge >= 0.3 is 6.09 Å². The van der Waals surface area contributed by atoms with E-state index in [1.54, 1.807) is 46.2 Å². The number of rotatable bonds is 6. The number of hydrogen-bond donors (Lipinski definition) is 1. The third kappa shape index (κ3) is 5.51. The molecular weight excluding hydrogens is 396 g/mol. The lowest BCUT2D eigenvalue weighted by Gasteiger charge is -2.32. The van der Waals surface area contributed by atoms with Crippen molar-refractivity contribution in [2.45, 2.75) is 45.4 Å². The third-order valence-electron chi connectivity index (χ3n) is 4.83. The molecule has 1 fully saturated rings. The molecule has 162 valence electrons. The van der Waals surface area contributed by atoms with E-state index in [-0.39, 0.29) is 12.5 Å². The Balaban J connectivity index is 1.86. The molecule has 8 heteroatoms. The minimum Gasteiger partial charge on any atom is -0.497 e. The number of nitriles is 1. The van der Waals surface area contributed by atoms with Gasteiger partial charge in [-0.05, 0) is 62.6 Å². The number of aromatic nitrogens is 1. The van der Waals surface area contributed by atoms with Gasteiger partial charge in [0.1, 0.15) is 23.2 Å². The number of anilines is 1. The molecule has 31 heavy (non-hydrogen) atoms. The molecule has 1 aromatic heterocycles. The molecule has 2 aromatic rings. The van der Waals surface area contributed by atoms with Crippen LogP contribution in [0.5, 0.6) is 5.75 Å². The fourth-order valence-corrected chi connectivity index (χ4v) is 3.21. The molecular formula is C23H26N4O4. The molecule has 1 aliphatic rings. The van der Waals surface area contributed by atoms with E-state index in [1.165, 1.54) is 4.90 Å². The molecule has 0 spiro atoms. The van der Waals surface area contributed by atoms with Crippen molar-refractivity contribution in [3.05, 3.63) is 53.7 Å². The van der Waals surface area contributed by atoms with Crippen molar-refractivity contribution in [2.75, 3.05) is 12.0 Å². The molecule has 2 heterocycles. The lowest BCUT2D eigenvalue weighted by Crippen LogP contribution is -2.58. The number of benzene rings is 1. The second-order valence-electron chi connectivity index (χ2n) is 8.36. The maximum absolute atomic E-state index is 13.0. The summed E-state index contributed by atoms with van der Waals surface area (Å²) >= 11 is 0. The molecule has 0 saturated carbocycles. The highest BCUT2D eigenvalue weighted by Crippen LogP contribution is 2.25. The molecule has 3 rings (SSSR count). The lowest BCUT2D eigenvalue weighted by atomic mass is 9.86. The highest BCUT2D eigenvalue weighted by Gasteiger charge is 2.39. The molecule has 0 bridgehead atoms. The Hall–Kier alpha value is -3.60. The lowest BCUT2D eigenvalue weighted by molar-refractivity contribution is -0.133. The van der Waals surface area contributed by atoms with Crippen LogP contribution >= 0.6 is 0 Å². The van der Waals surface area contributed by atoms with Gasteiger partial charge in [0, 0.05) is 6.20 Å². The summed E-state index contributed by atoms with van der Waals surface area (Å²) in [6.07, 6.45) is 1.46. The topological polar surface area (TPSA) is 105 Å². The van der Waals surface area contributed by atoms with Gasteiger partial charge in [-0.1, -0.05) is 12.1 Å². The summed E-state index contributed by atoms with van der Waals surface area (Å²) < 4.78 is 10.8. The first kappa shape index (κ1) is 22.1. The SMILES string of the molecule is COc1ccc(CN(C(=O)OC(C)(C)C)c2cc(CC3C(=O)N[C@@H]3C#N)ccn2)cc1. The van der Waals surface area contributed by atoms with E-state index in [2.05, 4.69) is 16.4 Å². The monoisotopic (exact) mass is 422 g/mol. The summed E-state index contributed by atoms with van der Waals surface area (Å²) in [4.78, 5) is 30.6. The van der Waals surface area contributed by atoms with Crippen molar-refractivity contribution in [3.8, 4) is 11.8 Å². The number of β-lactam (4-membered cyclic amide) rings is 1. The average molecular weight is 422 g/mol. The van der Waals surface area contributed by atoms with E-state index in [1.807, 2.05) is 24.3 Å². The Morgan fingerprint density at radius 2 is 1.94 bits per heavy atom. The van der Waals surface area contributed by atoms with Crippen LogP contribution in [0, 0.1) is 17.2 Å². The molecule has 0 radical (unpaired) electrons. The van der Waals surface area contributed by atoms with E-state index >= 15 is 0 Å². The minimum absolute atomic E-state index is 0.146. The summed E-state index contributed by atoms with van der Waals surface area (Å²) in [5.74, 6) is 0.582. The number of nitrogens with one attached hydrogen (secondary N) is 1. The Bertz CT molecular complexity index is 992. The van der Waals surface area contributed by atoms with E-state index < -0.39 is 23.7 Å². The highest BCUT2D eigenvalue weighted by molar-refractivity contribution is 5.88. The number of ether oxygens (including phenoxy) is 2. The van der Waals surface area contributed by atoms with Gasteiger partial charge in [-0.2, -0.15) is 5.26 Å². The Morgan fingerprint density at radius 3 is 2.52 bits per heavy atom. The zero-order chi connectivity index (χ0) is 22.6. The van der Waals surface area contributed by atoms with E-state index in [9.17, 15) is 9.59 Å². The van der Waals surface area contributed by atoms with Gasteiger partial charge in [-0.15, -0.1) is 0 Å². The van der Waals surface area contributed by atoms with E-state index in [4.69, 9.17) is 14.7 Å². The van der Waals surface area contributed by atoms with Gasteiger partial charge in [-0.25, -0.2) is 9.78 Å². The van der Waals surface area contributed by atoms with Crippen LogP contribution in [0.3, 0.4) is 0 Å². The van der Waals surface area contributed by atoms with Crippen LogP contribution in [0.25, 0.3) is 0 Å². The van der Waals surface area contributed by atoms with Gasteiger partial charge in [0.2, 0.25) is 5.91 Å². The fourth-order valence-electron chi connectivity index (χ4n) is 3.21. The number of methoxy groups -OCH3 is 1. The molecule has 8 nitrogen and oxygen atoms in total. The number of carbonyl (C=O) groups excluding carboxylic acids is 2. The molecule has 2 amide bonds. The first-order valence-corrected chi connectivity index (χ1v) is 9.98. The molecule has 1 aromatic carbocycles. The second kappa shape index (κ2) is 9.04. The van der Waals surface area contributed by atoms with Crippen molar-refractivity contribution >= 4 is 17.8 Å². The number of carbonyl (C=O) groups is 2. The van der Waals surface area contributed by atoms with Crippen LogP contribution in [0.2, 0.25) is 0 Å². The predicted molar refractivity (Wildman–Crippen MR) is 114 cm³/mol. The average Bonchev–Trinajstić information content (AvgIpc) is 2.73. The van der Waals surface area contributed by atoms with Crippen LogP contribution in [-0.2, 0) is 22.5 Å². The van der Waals surface area contributed by atoms with Crippen LogP contribution in [-0.4, -0.2) is 35.7 Å². The zero-order valence-corrected chi connectivity index (χ0v) is 18.1. The smallest absolute Gasteiger partial charge is 0.416 e. The normalized spacial score (nSPS) is 17.7. The summed E-state index contributed by atoms with van der Waals surface area (Å²) in [5, 5.41) is 11.7. The molecule has 1 aliphatic heterocycles. The minimum atomic E-state index is -0.670. The summed E-state index contributed by atoms with van der Waals surface area (Å²) in [7, 11) is 1.59. The molecule has 2 atom stereocenters. The number of pyridine rings is 1. The van der Waals surface area contributed by atoms with Gasteiger partial charge in [-0.3, -0.25) is 9.69 Å². The predicted octanol–water partition coefficient (Wildman–Crippen LogP) is 3.21. The van der Waals surface area contributed by atoms with Gasteiger partial charge in [0.15, 0.2) is 0 Å². The summed E-state index contributed by atoms with van der Waals surface area (Å²) in [6, 6.07) is 12.5. The third-order valence-corrected chi connectivity index (χ3v) is 4.83. The first-order chi connectivity index (χ1) is 14.7. The van der Waals surface area contributed by atoms with Crippen molar-refractivity contribution in [3.63, 3.8) is 0 Å². The fraction of sp³-hybridized carbons (Fsp3) is 0.391. The summed E-state index contributed by atoms with van der Waals surface area (Å²) in [6.45, 7) is 5.66. The number of nitrogens with zero attached hydrogens (tertiary/aromatic N) is 3. The quantitative estimate of drug-likeness (QED) is 0.717. The van der Waals surface area contributed by atoms with Crippen molar-refractivity contribution < 1.29 is 19.1 Å². The highest BCUT2D eigenvalue weighted by atomic mass is 16.6. The Labute approximate surface area is 181 Å². The standard InChI is InChI=1S/C23H26N4O4/c1-23(2,3)31-22(29)27(14-15-5-7-17(30-4)8-6-15)20-12-16(9-10-25-20)11-18-19(13-24)26-21(18)28/h5-10,12,18-19H,11,14H2,1-4H3,(H,26,28)/t18?,19-/m1/s1. The Kier molecular flexibility index (Phi) is 6.44. The van der Waals surface area contributed by atoms with Crippen LogP contribution < -0.4 is 15.0 Å². The first-order valence-electron chi connectivity index (χ1n) is 9.98. The van der Waals surface area contributed by atoms with E-state index in [0.29, 0.717) is 12.2 Å². The molecule has 1 N–H and O–H groups in total. The van der Waals surface area contributed by atoms with Gasteiger partial charge < -0.3 is 14.8 Å². The maximum Gasteiger partial charge on any atom is 0.416 e. The molecule has 1 saturated heterocycles. The van der Waals surface area contributed by atoms with Crippen molar-refractivity contribution in [1.82, 2.24) is 10.3 Å². The second-order valence-corrected chi connectivity index (χ2v) is 8.36. The maximum atomic E-state index is 13.0. The molecule has 1 unspecified atom stereocenters. The van der Waals surface area contributed by atoms with Crippen molar-refractivity contribution in [1.29, 1.82) is 5.26 Å². The molecule has 0 aliphatic carbocycles. The number of hydrogen-bond acceptors (Lipinski definition) is 6. The summed E-state index contributed by atoms with van der Waals surface area (Å²) in [5.41, 5.74) is 1.02. The van der Waals surface area contributed by atoms with Gasteiger partial charge in [0.25, 0.3) is 0 Å². The van der Waals surface area contributed by atoms with E-state index in [0.717, 1.165) is 16.9 Å². The van der Waals surface area contributed by atoms with Crippen LogP contribution in [0.1, 0.15) is 31.9 Å². The number of amides is 2. The zero-order valence-electron chi connectivity index (χ0n) is 18.1. The Morgan fingerprint density at radius 1 is 1.23 bits per heavy atom. The largest absolute Gasteiger partial charge is 0.497 e. The van der Waals surface area contributed by atoms with Crippen LogP contribution in [0.4, 0.5) is 10.6 Å². The van der Waals surface area contributed by atoms with Crippen LogP contribution in [0.15, 0.2) is 42.6 Å². The van der Waals surface area contributed by atoms with Crippen molar-refractivity contribution in [2.24, 2.45) is 5.92 Å². The van der Waals surface area contributed by atoms with Gasteiger partial charge in [0.05, 0.1) is 25.6 Å².